The quantitative estimate of drug-likeness (QED) is 0.561. The van der Waals surface area contributed by atoms with Crippen LogP contribution in [0.3, 0.4) is 0 Å². The van der Waals surface area contributed by atoms with Gasteiger partial charge in [-0.3, -0.25) is 9.59 Å². The van der Waals surface area contributed by atoms with Gasteiger partial charge >= 0.3 is 0 Å². The third-order valence-electron chi connectivity index (χ3n) is 3.87. The highest BCUT2D eigenvalue weighted by Gasteiger charge is 2.24. The number of nitrogens with two attached hydrogens (primary N) is 1. The molecular formula is C18H29N3O4. The molecule has 0 spiro atoms. The molecule has 140 valence electrons. The van der Waals surface area contributed by atoms with Crippen LogP contribution in [-0.4, -0.2) is 38.6 Å². The maximum absolute atomic E-state index is 12.7. The first-order valence-corrected chi connectivity index (χ1v) is 8.45. The summed E-state index contributed by atoms with van der Waals surface area (Å²) in [6, 6.07) is 2.57. The molecule has 1 unspecified atom stereocenters. The van der Waals surface area contributed by atoms with E-state index in [1.807, 2.05) is 13.8 Å². The molecule has 0 saturated heterocycles. The number of primary amides is 1. The van der Waals surface area contributed by atoms with Crippen LogP contribution in [-0.2, 0) is 4.79 Å². The minimum Gasteiger partial charge on any atom is -0.493 e. The third-order valence-corrected chi connectivity index (χ3v) is 3.87. The average Bonchev–Trinajstić information content (AvgIpc) is 2.58. The number of unbranched alkanes of at least 4 members (excludes halogenated alkanes) is 1. The molecule has 0 aliphatic rings. The Morgan fingerprint density at radius 2 is 1.76 bits per heavy atom. The lowest BCUT2D eigenvalue weighted by Gasteiger charge is -2.21. The highest BCUT2D eigenvalue weighted by Crippen LogP contribution is 2.33. The Labute approximate surface area is 149 Å². The first-order chi connectivity index (χ1) is 11.8. The van der Waals surface area contributed by atoms with E-state index in [2.05, 4.69) is 17.6 Å². The van der Waals surface area contributed by atoms with Gasteiger partial charge in [0.15, 0.2) is 11.5 Å². The summed E-state index contributed by atoms with van der Waals surface area (Å²) in [7, 11) is 3.04. The van der Waals surface area contributed by atoms with Gasteiger partial charge < -0.3 is 25.8 Å². The molecule has 7 nitrogen and oxygen atoms in total. The van der Waals surface area contributed by atoms with E-state index in [4.69, 9.17) is 15.2 Å². The molecule has 0 heterocycles. The van der Waals surface area contributed by atoms with Gasteiger partial charge in [-0.1, -0.05) is 27.2 Å². The Hall–Kier alpha value is -2.44. The lowest BCUT2D eigenvalue weighted by molar-refractivity contribution is -0.120. The lowest BCUT2D eigenvalue weighted by Crippen LogP contribution is -2.47. The Morgan fingerprint density at radius 3 is 2.24 bits per heavy atom. The molecule has 1 atom stereocenters. The number of amides is 2. The summed E-state index contributed by atoms with van der Waals surface area (Å²) in [5, 5.41) is 5.94. The maximum Gasteiger partial charge on any atom is 0.254 e. The Morgan fingerprint density at radius 1 is 1.16 bits per heavy atom. The van der Waals surface area contributed by atoms with Crippen LogP contribution in [0.4, 0.5) is 5.69 Å². The number of hydrogen-bond acceptors (Lipinski definition) is 5. The number of carbonyl (C=O) groups excluding carboxylic acids is 2. The molecule has 25 heavy (non-hydrogen) atoms. The van der Waals surface area contributed by atoms with E-state index in [-0.39, 0.29) is 5.92 Å². The summed E-state index contributed by atoms with van der Waals surface area (Å²) in [5.74, 6) is -0.109. The van der Waals surface area contributed by atoms with Crippen molar-refractivity contribution in [2.75, 3.05) is 26.1 Å². The summed E-state index contributed by atoms with van der Waals surface area (Å²) in [5.41, 5.74) is 6.38. The summed E-state index contributed by atoms with van der Waals surface area (Å²) < 4.78 is 10.6. The van der Waals surface area contributed by atoms with Gasteiger partial charge in [0.1, 0.15) is 6.04 Å². The second kappa shape index (κ2) is 9.76. The average molecular weight is 351 g/mol. The highest BCUT2D eigenvalue weighted by molar-refractivity contribution is 6.02. The van der Waals surface area contributed by atoms with E-state index in [1.165, 1.54) is 14.2 Å². The van der Waals surface area contributed by atoms with Crippen LogP contribution >= 0.6 is 0 Å². The van der Waals surface area contributed by atoms with Crippen molar-refractivity contribution in [2.24, 2.45) is 11.7 Å². The van der Waals surface area contributed by atoms with E-state index < -0.39 is 17.9 Å². The Balaban J connectivity index is 3.19. The molecule has 7 heteroatoms. The summed E-state index contributed by atoms with van der Waals surface area (Å²) in [4.78, 5) is 24.3. The molecule has 0 aliphatic heterocycles. The number of methoxy groups -OCH3 is 2. The van der Waals surface area contributed by atoms with Crippen molar-refractivity contribution in [2.45, 2.75) is 39.7 Å². The highest BCUT2D eigenvalue weighted by atomic mass is 16.5. The first kappa shape index (κ1) is 20.6. The van der Waals surface area contributed by atoms with Crippen LogP contribution in [0.15, 0.2) is 12.1 Å². The topological polar surface area (TPSA) is 103 Å². The molecule has 0 radical (unpaired) electrons. The minimum absolute atomic E-state index is 0.113. The van der Waals surface area contributed by atoms with Gasteiger partial charge in [-0.25, -0.2) is 0 Å². The van der Waals surface area contributed by atoms with Gasteiger partial charge in [0.25, 0.3) is 5.91 Å². The molecule has 1 aromatic carbocycles. The van der Waals surface area contributed by atoms with E-state index in [9.17, 15) is 9.59 Å². The maximum atomic E-state index is 12.7. The van der Waals surface area contributed by atoms with Crippen molar-refractivity contribution in [3.8, 4) is 11.5 Å². The summed E-state index contributed by atoms with van der Waals surface area (Å²) >= 11 is 0. The zero-order chi connectivity index (χ0) is 19.0. The van der Waals surface area contributed by atoms with Gasteiger partial charge in [-0.15, -0.1) is 0 Å². The molecule has 0 saturated carbocycles. The fraction of sp³-hybridized carbons (Fsp3) is 0.556. The number of hydrogen-bond donors (Lipinski definition) is 3. The van der Waals surface area contributed by atoms with E-state index in [1.54, 1.807) is 12.1 Å². The van der Waals surface area contributed by atoms with Crippen LogP contribution < -0.4 is 25.8 Å². The van der Waals surface area contributed by atoms with Gasteiger partial charge in [0.05, 0.1) is 25.5 Å². The second-order valence-electron chi connectivity index (χ2n) is 6.13. The minimum atomic E-state index is -0.746. The van der Waals surface area contributed by atoms with Crippen molar-refractivity contribution in [1.82, 2.24) is 5.32 Å². The Kier molecular flexibility index (Phi) is 8.04. The molecule has 0 fully saturated rings. The number of nitrogens with one attached hydrogen (secondary N) is 2. The Bertz CT molecular complexity index is 602. The van der Waals surface area contributed by atoms with E-state index in [0.717, 1.165) is 19.4 Å². The second-order valence-corrected chi connectivity index (χ2v) is 6.13. The van der Waals surface area contributed by atoms with Crippen LogP contribution in [0.5, 0.6) is 11.5 Å². The number of benzene rings is 1. The van der Waals surface area contributed by atoms with Gasteiger partial charge in [-0.05, 0) is 18.4 Å². The summed E-state index contributed by atoms with van der Waals surface area (Å²) in [6.45, 7) is 6.45. The molecule has 1 rings (SSSR count). The van der Waals surface area contributed by atoms with Crippen molar-refractivity contribution in [3.63, 3.8) is 0 Å². The van der Waals surface area contributed by atoms with Crippen molar-refractivity contribution < 1.29 is 19.1 Å². The fourth-order valence-electron chi connectivity index (χ4n) is 2.40. The zero-order valence-electron chi connectivity index (χ0n) is 15.6. The van der Waals surface area contributed by atoms with Crippen LogP contribution in [0.2, 0.25) is 0 Å². The predicted molar refractivity (Wildman–Crippen MR) is 98.2 cm³/mol. The normalized spacial score (nSPS) is 11.8. The van der Waals surface area contributed by atoms with Crippen molar-refractivity contribution in [1.29, 1.82) is 0 Å². The number of rotatable bonds is 10. The third kappa shape index (κ3) is 5.55. The molecular weight excluding hydrogens is 322 g/mol. The molecule has 0 aliphatic carbocycles. The number of ether oxygens (including phenoxy) is 2. The first-order valence-electron chi connectivity index (χ1n) is 8.45. The monoisotopic (exact) mass is 351 g/mol. The van der Waals surface area contributed by atoms with E-state index >= 15 is 0 Å². The molecule has 2 amide bonds. The number of anilines is 1. The molecule has 4 N–H and O–H groups in total. The van der Waals surface area contributed by atoms with E-state index in [0.29, 0.717) is 22.7 Å². The predicted octanol–water partition coefficient (Wildman–Crippen LogP) is 2.16. The smallest absolute Gasteiger partial charge is 0.254 e. The van der Waals surface area contributed by atoms with Crippen LogP contribution in [0, 0.1) is 5.92 Å². The largest absolute Gasteiger partial charge is 0.493 e. The molecule has 0 bridgehead atoms. The van der Waals surface area contributed by atoms with Crippen LogP contribution in [0.1, 0.15) is 44.0 Å². The van der Waals surface area contributed by atoms with Crippen molar-refractivity contribution >= 4 is 17.5 Å². The number of carbonyl (C=O) groups is 2. The molecule has 0 aromatic heterocycles. The SMILES string of the molecule is CCCCNc1cc(OC)c(OC)cc1C(=O)NC(C(N)=O)C(C)C. The molecule has 1 aromatic rings. The zero-order valence-corrected chi connectivity index (χ0v) is 15.6. The van der Waals surface area contributed by atoms with Gasteiger partial charge in [0, 0.05) is 12.6 Å². The lowest BCUT2D eigenvalue weighted by atomic mass is 10.0. The van der Waals surface area contributed by atoms with Crippen molar-refractivity contribution in [3.05, 3.63) is 17.7 Å². The van der Waals surface area contributed by atoms with Crippen LogP contribution in [0.25, 0.3) is 0 Å². The van der Waals surface area contributed by atoms with Gasteiger partial charge in [0.2, 0.25) is 5.91 Å². The summed E-state index contributed by atoms with van der Waals surface area (Å²) in [6.07, 6.45) is 1.99. The van der Waals surface area contributed by atoms with Gasteiger partial charge in [-0.2, -0.15) is 0 Å². The fourth-order valence-corrected chi connectivity index (χ4v) is 2.40. The standard InChI is InChI=1S/C18H29N3O4/c1-6-7-8-20-13-10-15(25-5)14(24-4)9-12(13)18(23)21-16(11(2)3)17(19)22/h9-11,16,20H,6-8H2,1-5H3,(H2,19,22)(H,21,23).